The Morgan fingerprint density at radius 3 is 2.12 bits per heavy atom. The number of rotatable bonds is 6. The van der Waals surface area contributed by atoms with E-state index in [1.54, 1.807) is 4.90 Å². The average molecular weight is 367 g/mol. The van der Waals surface area contributed by atoms with Gasteiger partial charge < -0.3 is 4.90 Å². The van der Waals surface area contributed by atoms with Gasteiger partial charge in [0.25, 0.3) is 0 Å². The number of carbonyl (C=O) groups is 1. The molecule has 0 aromatic heterocycles. The minimum Gasteiger partial charge on any atom is -0.340 e. The van der Waals surface area contributed by atoms with Crippen molar-refractivity contribution in [3.05, 3.63) is 34.4 Å². The van der Waals surface area contributed by atoms with Gasteiger partial charge in [0.2, 0.25) is 15.9 Å². The van der Waals surface area contributed by atoms with Gasteiger partial charge in [-0.05, 0) is 43.9 Å². The first-order chi connectivity index (χ1) is 11.7. The van der Waals surface area contributed by atoms with Crippen LogP contribution in [0, 0.1) is 20.8 Å². The number of hydrogen-bond acceptors (Lipinski definition) is 3. The molecule has 0 atom stereocenters. The predicted molar refractivity (Wildman–Crippen MR) is 101 cm³/mol. The van der Waals surface area contributed by atoms with E-state index in [0.717, 1.165) is 23.1 Å². The quantitative estimate of drug-likeness (QED) is 0.777. The lowest BCUT2D eigenvalue weighted by molar-refractivity contribution is -0.131. The number of unbranched alkanes of at least 4 members (excludes halogenated alkanes) is 1. The van der Waals surface area contributed by atoms with Gasteiger partial charge >= 0.3 is 0 Å². The van der Waals surface area contributed by atoms with E-state index < -0.39 is 10.0 Å². The molecule has 0 bridgehead atoms. The number of nitrogens with zero attached hydrogens (tertiary/aromatic N) is 2. The van der Waals surface area contributed by atoms with E-state index in [4.69, 9.17) is 0 Å². The summed E-state index contributed by atoms with van der Waals surface area (Å²) in [6.07, 6.45) is 1.95. The number of hydrogen-bond donors (Lipinski definition) is 0. The van der Waals surface area contributed by atoms with Crippen LogP contribution in [0.25, 0.3) is 0 Å². The van der Waals surface area contributed by atoms with Crippen molar-refractivity contribution in [3.63, 3.8) is 0 Å². The highest BCUT2D eigenvalue weighted by molar-refractivity contribution is 7.89. The van der Waals surface area contributed by atoms with E-state index in [-0.39, 0.29) is 11.7 Å². The first-order valence-electron chi connectivity index (χ1n) is 9.07. The van der Waals surface area contributed by atoms with Gasteiger partial charge in [-0.2, -0.15) is 4.31 Å². The van der Waals surface area contributed by atoms with Gasteiger partial charge in [0.15, 0.2) is 0 Å². The zero-order valence-corrected chi connectivity index (χ0v) is 16.7. The Morgan fingerprint density at radius 1 is 1.04 bits per heavy atom. The maximum atomic E-state index is 12.6. The number of amides is 1. The second-order valence-corrected chi connectivity index (χ2v) is 9.09. The van der Waals surface area contributed by atoms with Crippen LogP contribution in [0.5, 0.6) is 0 Å². The second-order valence-electron chi connectivity index (χ2n) is 7.00. The molecular weight excluding hydrogens is 336 g/mol. The average Bonchev–Trinajstić information content (AvgIpc) is 2.56. The number of piperazine rings is 1. The van der Waals surface area contributed by atoms with Crippen LogP contribution in [0.2, 0.25) is 0 Å². The molecule has 6 heteroatoms. The Hall–Kier alpha value is -1.40. The summed E-state index contributed by atoms with van der Waals surface area (Å²) in [6.45, 7) is 9.91. The maximum Gasteiger partial charge on any atom is 0.227 e. The predicted octanol–water partition coefficient (Wildman–Crippen LogP) is 2.43. The van der Waals surface area contributed by atoms with Crippen LogP contribution in [0.3, 0.4) is 0 Å². The van der Waals surface area contributed by atoms with Crippen molar-refractivity contribution in [2.24, 2.45) is 0 Å². The first-order valence-corrected chi connectivity index (χ1v) is 10.7. The third-order valence-corrected chi connectivity index (χ3v) is 6.87. The van der Waals surface area contributed by atoms with Gasteiger partial charge in [-0.25, -0.2) is 8.42 Å². The van der Waals surface area contributed by atoms with E-state index in [1.807, 2.05) is 20.8 Å². The zero-order chi connectivity index (χ0) is 18.6. The Labute approximate surface area is 152 Å². The number of benzene rings is 1. The largest absolute Gasteiger partial charge is 0.340 e. The standard InChI is InChI=1S/C19H30N2O3S/c1-5-6-11-25(23,24)21-9-7-20(8-10-21)19(22)14-18-16(3)12-15(2)13-17(18)4/h12-13H,5-11,14H2,1-4H3. The van der Waals surface area contributed by atoms with Crippen LogP contribution in [-0.4, -0.2) is 55.5 Å². The summed E-state index contributed by atoms with van der Waals surface area (Å²) < 4.78 is 26.0. The highest BCUT2D eigenvalue weighted by Crippen LogP contribution is 2.18. The Bertz CT molecular complexity index is 697. The molecule has 1 amide bonds. The van der Waals surface area contributed by atoms with Crippen molar-refractivity contribution in [1.82, 2.24) is 9.21 Å². The fourth-order valence-electron chi connectivity index (χ4n) is 3.42. The van der Waals surface area contributed by atoms with E-state index in [1.165, 1.54) is 9.87 Å². The molecule has 1 aliphatic heterocycles. The Balaban J connectivity index is 1.96. The van der Waals surface area contributed by atoms with E-state index in [2.05, 4.69) is 19.1 Å². The Morgan fingerprint density at radius 2 is 1.60 bits per heavy atom. The van der Waals surface area contributed by atoms with Gasteiger partial charge in [0, 0.05) is 26.2 Å². The Kier molecular flexibility index (Phi) is 6.63. The van der Waals surface area contributed by atoms with E-state index >= 15 is 0 Å². The SMILES string of the molecule is CCCCS(=O)(=O)N1CCN(C(=O)Cc2c(C)cc(C)cc2C)CC1. The highest BCUT2D eigenvalue weighted by atomic mass is 32.2. The normalized spacial score (nSPS) is 16.2. The lowest BCUT2D eigenvalue weighted by Gasteiger charge is -2.34. The van der Waals surface area contributed by atoms with Gasteiger partial charge in [-0.15, -0.1) is 0 Å². The third-order valence-electron chi connectivity index (χ3n) is 4.91. The molecule has 0 aliphatic carbocycles. The lowest BCUT2D eigenvalue weighted by atomic mass is 9.97. The molecule has 25 heavy (non-hydrogen) atoms. The van der Waals surface area contributed by atoms with Gasteiger partial charge in [0.05, 0.1) is 12.2 Å². The third kappa shape index (κ3) is 5.05. The molecule has 1 aromatic carbocycles. The topological polar surface area (TPSA) is 57.7 Å². The van der Waals surface area contributed by atoms with Crippen molar-refractivity contribution >= 4 is 15.9 Å². The summed E-state index contributed by atoms with van der Waals surface area (Å²) in [6, 6.07) is 4.21. The molecule has 0 saturated carbocycles. The molecule has 0 N–H and O–H groups in total. The lowest BCUT2D eigenvalue weighted by Crippen LogP contribution is -2.51. The molecule has 1 aliphatic rings. The molecular formula is C19H30N2O3S. The smallest absolute Gasteiger partial charge is 0.227 e. The molecule has 1 fully saturated rings. The van der Waals surface area contributed by atoms with Gasteiger partial charge in [-0.1, -0.05) is 31.0 Å². The molecule has 5 nitrogen and oxygen atoms in total. The first kappa shape index (κ1) is 19.9. The fourth-order valence-corrected chi connectivity index (χ4v) is 5.05. The van der Waals surface area contributed by atoms with Crippen LogP contribution >= 0.6 is 0 Å². The van der Waals surface area contributed by atoms with Gasteiger partial charge in [-0.3, -0.25) is 4.79 Å². The summed E-state index contributed by atoms with van der Waals surface area (Å²) >= 11 is 0. The minimum absolute atomic E-state index is 0.0839. The molecule has 2 rings (SSSR count). The van der Waals surface area contributed by atoms with Crippen LogP contribution in [0.15, 0.2) is 12.1 Å². The van der Waals surface area contributed by atoms with Crippen molar-refractivity contribution in [3.8, 4) is 0 Å². The minimum atomic E-state index is -3.18. The monoisotopic (exact) mass is 366 g/mol. The molecule has 140 valence electrons. The molecule has 1 saturated heterocycles. The summed E-state index contributed by atoms with van der Waals surface area (Å²) in [5, 5.41) is 0. The van der Waals surface area contributed by atoms with Crippen LogP contribution in [-0.2, 0) is 21.2 Å². The van der Waals surface area contributed by atoms with Crippen LogP contribution in [0.4, 0.5) is 0 Å². The second kappa shape index (κ2) is 8.32. The van der Waals surface area contributed by atoms with E-state index in [9.17, 15) is 13.2 Å². The molecule has 1 aromatic rings. The van der Waals surface area contributed by atoms with Crippen molar-refractivity contribution in [2.75, 3.05) is 31.9 Å². The number of aryl methyl sites for hydroxylation is 3. The number of sulfonamides is 1. The van der Waals surface area contributed by atoms with Crippen LogP contribution < -0.4 is 0 Å². The maximum absolute atomic E-state index is 12.6. The molecule has 0 radical (unpaired) electrons. The van der Waals surface area contributed by atoms with Crippen molar-refractivity contribution < 1.29 is 13.2 Å². The fraction of sp³-hybridized carbons (Fsp3) is 0.632. The summed E-state index contributed by atoms with van der Waals surface area (Å²) in [4.78, 5) is 14.4. The summed E-state index contributed by atoms with van der Waals surface area (Å²) in [5.41, 5.74) is 4.59. The molecule has 0 unspecified atom stereocenters. The highest BCUT2D eigenvalue weighted by Gasteiger charge is 2.28. The summed E-state index contributed by atoms with van der Waals surface area (Å²) in [7, 11) is -3.18. The van der Waals surface area contributed by atoms with Crippen molar-refractivity contribution in [2.45, 2.75) is 47.0 Å². The zero-order valence-electron chi connectivity index (χ0n) is 15.8. The molecule has 0 spiro atoms. The van der Waals surface area contributed by atoms with Gasteiger partial charge in [0.1, 0.15) is 0 Å². The van der Waals surface area contributed by atoms with Crippen molar-refractivity contribution in [1.29, 1.82) is 0 Å². The molecule has 1 heterocycles. The number of carbonyl (C=O) groups excluding carboxylic acids is 1. The summed E-state index contributed by atoms with van der Waals surface area (Å²) in [5.74, 6) is 0.291. The van der Waals surface area contributed by atoms with E-state index in [0.29, 0.717) is 39.0 Å². The van der Waals surface area contributed by atoms with Crippen LogP contribution in [0.1, 0.15) is 42.0 Å².